The van der Waals surface area contributed by atoms with Crippen molar-refractivity contribution in [1.82, 2.24) is 14.5 Å². The molecule has 0 atom stereocenters. The predicted octanol–water partition coefficient (Wildman–Crippen LogP) is 2.28. The van der Waals surface area contributed by atoms with E-state index in [0.717, 1.165) is 42.8 Å². The average Bonchev–Trinajstić information content (AvgIpc) is 2.74. The predicted molar refractivity (Wildman–Crippen MR) is 75.8 cm³/mol. The van der Waals surface area contributed by atoms with Crippen LogP contribution in [0.2, 0.25) is 0 Å². The van der Waals surface area contributed by atoms with E-state index in [1.165, 1.54) is 11.1 Å². The minimum Gasteiger partial charge on any atom is -0.328 e. The number of rotatable bonds is 6. The first-order valence-electron chi connectivity index (χ1n) is 6.82. The van der Waals surface area contributed by atoms with Gasteiger partial charge >= 0.3 is 0 Å². The SMILES string of the molecule is CCCc1nc2cnc(C)c(C)c2n1CCCON. The van der Waals surface area contributed by atoms with Crippen molar-refractivity contribution in [2.45, 2.75) is 46.6 Å². The Kier molecular flexibility index (Phi) is 4.50. The Morgan fingerprint density at radius 1 is 1.37 bits per heavy atom. The molecule has 0 aliphatic heterocycles. The molecule has 0 aliphatic rings. The lowest BCUT2D eigenvalue weighted by atomic mass is 10.2. The van der Waals surface area contributed by atoms with Crippen molar-refractivity contribution in [3.05, 3.63) is 23.3 Å². The highest BCUT2D eigenvalue weighted by Crippen LogP contribution is 2.22. The molecule has 0 unspecified atom stereocenters. The summed E-state index contributed by atoms with van der Waals surface area (Å²) in [4.78, 5) is 13.8. The Labute approximate surface area is 113 Å². The van der Waals surface area contributed by atoms with Crippen molar-refractivity contribution in [2.75, 3.05) is 6.61 Å². The summed E-state index contributed by atoms with van der Waals surface area (Å²) in [5.41, 5.74) is 4.46. The Morgan fingerprint density at radius 2 is 2.16 bits per heavy atom. The molecule has 0 saturated carbocycles. The summed E-state index contributed by atoms with van der Waals surface area (Å²) in [6, 6.07) is 0. The standard InChI is InChI=1S/C14H22N4O/c1-4-6-13-17-12-9-16-11(3)10(2)14(12)18(13)7-5-8-19-15/h9H,4-8,15H2,1-3H3. The zero-order valence-electron chi connectivity index (χ0n) is 11.9. The first-order valence-corrected chi connectivity index (χ1v) is 6.82. The highest BCUT2D eigenvalue weighted by molar-refractivity contribution is 5.79. The van der Waals surface area contributed by atoms with Crippen LogP contribution in [-0.2, 0) is 17.8 Å². The minimum absolute atomic E-state index is 0.564. The van der Waals surface area contributed by atoms with Gasteiger partial charge in [-0.25, -0.2) is 10.9 Å². The molecule has 0 aliphatic carbocycles. The van der Waals surface area contributed by atoms with Gasteiger partial charge in [-0.05, 0) is 32.3 Å². The molecule has 0 spiro atoms. The number of pyridine rings is 1. The van der Waals surface area contributed by atoms with Crippen molar-refractivity contribution < 1.29 is 4.84 Å². The van der Waals surface area contributed by atoms with Gasteiger partial charge in [-0.2, -0.15) is 0 Å². The number of aryl methyl sites for hydroxylation is 4. The van der Waals surface area contributed by atoms with Gasteiger partial charge in [0.25, 0.3) is 0 Å². The van der Waals surface area contributed by atoms with Gasteiger partial charge in [0, 0.05) is 18.7 Å². The maximum atomic E-state index is 5.10. The molecular formula is C14H22N4O. The normalized spacial score (nSPS) is 11.4. The van der Waals surface area contributed by atoms with Crippen LogP contribution >= 0.6 is 0 Å². The lowest BCUT2D eigenvalue weighted by Gasteiger charge is -2.10. The first-order chi connectivity index (χ1) is 9.19. The lowest BCUT2D eigenvalue weighted by molar-refractivity contribution is 0.132. The minimum atomic E-state index is 0.564. The molecule has 5 heteroatoms. The Morgan fingerprint density at radius 3 is 2.84 bits per heavy atom. The number of nitrogens with zero attached hydrogens (tertiary/aromatic N) is 3. The lowest BCUT2D eigenvalue weighted by Crippen LogP contribution is -2.09. The molecule has 2 aromatic heterocycles. The first kappa shape index (κ1) is 14.0. The maximum absolute atomic E-state index is 5.10. The number of hydrogen-bond donors (Lipinski definition) is 1. The number of aromatic nitrogens is 3. The van der Waals surface area contributed by atoms with Crippen LogP contribution in [0.1, 0.15) is 36.8 Å². The summed E-state index contributed by atoms with van der Waals surface area (Å²) in [6.07, 6.45) is 4.82. The maximum Gasteiger partial charge on any atom is 0.109 e. The van der Waals surface area contributed by atoms with Crippen LogP contribution in [-0.4, -0.2) is 21.1 Å². The third-order valence-corrected chi connectivity index (χ3v) is 3.47. The number of hydrogen-bond acceptors (Lipinski definition) is 4. The van der Waals surface area contributed by atoms with Crippen LogP contribution in [0.15, 0.2) is 6.20 Å². The van der Waals surface area contributed by atoms with Gasteiger partial charge in [-0.1, -0.05) is 6.92 Å². The zero-order chi connectivity index (χ0) is 13.8. The van der Waals surface area contributed by atoms with Gasteiger partial charge < -0.3 is 9.40 Å². The van der Waals surface area contributed by atoms with E-state index in [1.54, 1.807) is 0 Å². The number of imidazole rings is 1. The summed E-state index contributed by atoms with van der Waals surface area (Å²) < 4.78 is 2.29. The van der Waals surface area contributed by atoms with Crippen molar-refractivity contribution in [2.24, 2.45) is 5.90 Å². The monoisotopic (exact) mass is 262 g/mol. The molecule has 0 radical (unpaired) electrons. The summed E-state index contributed by atoms with van der Waals surface area (Å²) >= 11 is 0. The summed E-state index contributed by atoms with van der Waals surface area (Å²) in [7, 11) is 0. The smallest absolute Gasteiger partial charge is 0.109 e. The van der Waals surface area contributed by atoms with E-state index in [2.05, 4.69) is 28.2 Å². The Bertz CT molecular complexity index is 562. The largest absolute Gasteiger partial charge is 0.328 e. The fourth-order valence-corrected chi connectivity index (χ4v) is 2.39. The van der Waals surface area contributed by atoms with Gasteiger partial charge in [0.2, 0.25) is 0 Å². The molecule has 5 nitrogen and oxygen atoms in total. The van der Waals surface area contributed by atoms with E-state index in [0.29, 0.717) is 6.61 Å². The van der Waals surface area contributed by atoms with E-state index in [4.69, 9.17) is 10.9 Å². The fraction of sp³-hybridized carbons (Fsp3) is 0.571. The van der Waals surface area contributed by atoms with Crippen LogP contribution in [0.3, 0.4) is 0 Å². The van der Waals surface area contributed by atoms with Crippen LogP contribution < -0.4 is 5.90 Å². The molecule has 0 aromatic carbocycles. The van der Waals surface area contributed by atoms with E-state index >= 15 is 0 Å². The molecule has 0 amide bonds. The highest BCUT2D eigenvalue weighted by Gasteiger charge is 2.13. The summed E-state index contributed by atoms with van der Waals surface area (Å²) in [5.74, 6) is 6.23. The number of nitrogens with two attached hydrogens (primary N) is 1. The highest BCUT2D eigenvalue weighted by atomic mass is 16.6. The molecule has 104 valence electrons. The van der Waals surface area contributed by atoms with Crippen LogP contribution in [0, 0.1) is 13.8 Å². The second kappa shape index (κ2) is 6.12. The topological polar surface area (TPSA) is 66.0 Å². The second-order valence-corrected chi connectivity index (χ2v) is 4.86. The number of fused-ring (bicyclic) bond motifs is 1. The van der Waals surface area contributed by atoms with Crippen molar-refractivity contribution in [1.29, 1.82) is 0 Å². The van der Waals surface area contributed by atoms with Crippen molar-refractivity contribution in [3.8, 4) is 0 Å². The average molecular weight is 262 g/mol. The summed E-state index contributed by atoms with van der Waals surface area (Å²) in [6.45, 7) is 7.76. The third-order valence-electron chi connectivity index (χ3n) is 3.47. The molecule has 0 saturated heterocycles. The molecule has 19 heavy (non-hydrogen) atoms. The summed E-state index contributed by atoms with van der Waals surface area (Å²) in [5, 5.41) is 0. The van der Waals surface area contributed by atoms with Crippen molar-refractivity contribution >= 4 is 11.0 Å². The van der Waals surface area contributed by atoms with E-state index in [1.807, 2.05) is 13.1 Å². The fourth-order valence-electron chi connectivity index (χ4n) is 2.39. The van der Waals surface area contributed by atoms with E-state index < -0.39 is 0 Å². The third kappa shape index (κ3) is 2.77. The Balaban J connectivity index is 2.47. The quantitative estimate of drug-likeness (QED) is 0.640. The van der Waals surface area contributed by atoms with Crippen molar-refractivity contribution in [3.63, 3.8) is 0 Å². The molecule has 2 rings (SSSR count). The van der Waals surface area contributed by atoms with Gasteiger partial charge in [-0.3, -0.25) is 4.98 Å². The van der Waals surface area contributed by atoms with Gasteiger partial charge in [0.15, 0.2) is 0 Å². The molecule has 0 fully saturated rings. The van der Waals surface area contributed by atoms with Gasteiger partial charge in [0.05, 0.1) is 18.3 Å². The van der Waals surface area contributed by atoms with Crippen LogP contribution in [0.5, 0.6) is 0 Å². The molecule has 0 bridgehead atoms. The van der Waals surface area contributed by atoms with Crippen LogP contribution in [0.4, 0.5) is 0 Å². The van der Waals surface area contributed by atoms with E-state index in [9.17, 15) is 0 Å². The van der Waals surface area contributed by atoms with E-state index in [-0.39, 0.29) is 0 Å². The second-order valence-electron chi connectivity index (χ2n) is 4.86. The molecule has 2 aromatic rings. The van der Waals surface area contributed by atoms with Gasteiger partial charge in [0.1, 0.15) is 11.3 Å². The zero-order valence-corrected chi connectivity index (χ0v) is 11.9. The Hall–Kier alpha value is -1.46. The van der Waals surface area contributed by atoms with Gasteiger partial charge in [-0.15, -0.1) is 0 Å². The molecule has 2 heterocycles. The molecular weight excluding hydrogens is 240 g/mol. The van der Waals surface area contributed by atoms with Crippen LogP contribution in [0.25, 0.3) is 11.0 Å². The molecule has 2 N–H and O–H groups in total.